The minimum absolute atomic E-state index is 0.137. The summed E-state index contributed by atoms with van der Waals surface area (Å²) < 4.78 is 3.91. The third-order valence-electron chi connectivity index (χ3n) is 2.83. The third kappa shape index (κ3) is 2.13. The predicted octanol–water partition coefficient (Wildman–Crippen LogP) is 2.46. The number of nitrogens with one attached hydrogen (secondary N) is 1. The second-order valence-electron chi connectivity index (χ2n) is 3.90. The standard InChI is InChI=1S/C12H15N3S/c1-8-4-5-10(6-9(8)2)12(13-3)11-7-16-15-14-11/h4-7,12-13H,1-3H3. The molecule has 0 radical (unpaired) electrons. The lowest BCUT2D eigenvalue weighted by molar-refractivity contribution is 0.667. The van der Waals surface area contributed by atoms with Gasteiger partial charge in [0.2, 0.25) is 0 Å². The fourth-order valence-corrected chi connectivity index (χ4v) is 2.21. The number of aromatic nitrogens is 2. The molecule has 3 nitrogen and oxygen atoms in total. The average molecular weight is 233 g/mol. The van der Waals surface area contributed by atoms with Crippen molar-refractivity contribution in [2.45, 2.75) is 19.9 Å². The van der Waals surface area contributed by atoms with Crippen LogP contribution in [0.4, 0.5) is 0 Å². The van der Waals surface area contributed by atoms with Crippen molar-refractivity contribution in [3.05, 3.63) is 46.0 Å². The molecule has 1 unspecified atom stereocenters. The average Bonchev–Trinajstić information content (AvgIpc) is 2.78. The van der Waals surface area contributed by atoms with E-state index in [1.807, 2.05) is 12.4 Å². The van der Waals surface area contributed by atoms with Crippen LogP contribution in [0.3, 0.4) is 0 Å². The summed E-state index contributed by atoms with van der Waals surface area (Å²) >= 11 is 1.38. The molecule has 0 saturated heterocycles. The Hall–Kier alpha value is -1.26. The van der Waals surface area contributed by atoms with Crippen LogP contribution in [0.2, 0.25) is 0 Å². The van der Waals surface area contributed by atoms with Crippen molar-refractivity contribution in [1.82, 2.24) is 14.9 Å². The molecule has 1 aromatic heterocycles. The quantitative estimate of drug-likeness (QED) is 0.885. The van der Waals surface area contributed by atoms with Gasteiger partial charge in [-0.15, -0.1) is 5.10 Å². The Balaban J connectivity index is 2.37. The monoisotopic (exact) mass is 233 g/mol. The molecule has 1 N–H and O–H groups in total. The van der Waals surface area contributed by atoms with Crippen LogP contribution in [0.15, 0.2) is 23.6 Å². The maximum absolute atomic E-state index is 4.12. The molecule has 1 atom stereocenters. The van der Waals surface area contributed by atoms with Crippen LogP contribution >= 0.6 is 11.5 Å². The van der Waals surface area contributed by atoms with Crippen molar-refractivity contribution in [2.75, 3.05) is 7.05 Å². The lowest BCUT2D eigenvalue weighted by atomic mass is 10.00. The second-order valence-corrected chi connectivity index (χ2v) is 4.50. The predicted molar refractivity (Wildman–Crippen MR) is 66.7 cm³/mol. The van der Waals surface area contributed by atoms with Gasteiger partial charge >= 0.3 is 0 Å². The Morgan fingerprint density at radius 2 is 2.06 bits per heavy atom. The Morgan fingerprint density at radius 3 is 2.62 bits per heavy atom. The van der Waals surface area contributed by atoms with Crippen LogP contribution in [0.25, 0.3) is 0 Å². The van der Waals surface area contributed by atoms with E-state index in [-0.39, 0.29) is 6.04 Å². The number of benzene rings is 1. The zero-order valence-electron chi connectivity index (χ0n) is 9.69. The van der Waals surface area contributed by atoms with Crippen molar-refractivity contribution in [3.8, 4) is 0 Å². The van der Waals surface area contributed by atoms with E-state index < -0.39 is 0 Å². The van der Waals surface area contributed by atoms with Crippen LogP contribution in [-0.2, 0) is 0 Å². The first kappa shape index (κ1) is 11.2. The number of hydrogen-bond donors (Lipinski definition) is 1. The third-order valence-corrected chi connectivity index (χ3v) is 3.35. The summed E-state index contributed by atoms with van der Waals surface area (Å²) in [5, 5.41) is 9.38. The lowest BCUT2D eigenvalue weighted by Gasteiger charge is -2.15. The van der Waals surface area contributed by atoms with Gasteiger partial charge in [0.15, 0.2) is 0 Å². The Kier molecular flexibility index (Phi) is 3.31. The first-order valence-electron chi connectivity index (χ1n) is 5.23. The maximum Gasteiger partial charge on any atom is 0.0970 e. The Morgan fingerprint density at radius 1 is 1.25 bits per heavy atom. The van der Waals surface area contributed by atoms with Gasteiger partial charge in [-0.25, -0.2) is 0 Å². The Bertz CT molecular complexity index is 465. The molecule has 0 aliphatic heterocycles. The maximum atomic E-state index is 4.12. The fraction of sp³-hybridized carbons (Fsp3) is 0.333. The number of nitrogens with zero attached hydrogens (tertiary/aromatic N) is 2. The SMILES string of the molecule is CNC(c1ccc(C)c(C)c1)c1csnn1. The minimum atomic E-state index is 0.137. The minimum Gasteiger partial charge on any atom is -0.308 e. The van der Waals surface area contributed by atoms with Gasteiger partial charge in [-0.05, 0) is 49.1 Å². The highest BCUT2D eigenvalue weighted by Crippen LogP contribution is 2.22. The molecule has 4 heteroatoms. The summed E-state index contributed by atoms with van der Waals surface area (Å²) in [6.07, 6.45) is 0. The molecule has 0 spiro atoms. The van der Waals surface area contributed by atoms with Crippen LogP contribution < -0.4 is 5.32 Å². The summed E-state index contributed by atoms with van der Waals surface area (Å²) in [5.41, 5.74) is 4.84. The molecule has 2 rings (SSSR count). The molecule has 84 valence electrons. The molecule has 0 aliphatic rings. The topological polar surface area (TPSA) is 37.8 Å². The van der Waals surface area contributed by atoms with E-state index in [4.69, 9.17) is 0 Å². The summed E-state index contributed by atoms with van der Waals surface area (Å²) in [6.45, 7) is 4.25. The zero-order chi connectivity index (χ0) is 11.5. The highest BCUT2D eigenvalue weighted by atomic mass is 32.1. The van der Waals surface area contributed by atoms with Gasteiger partial charge < -0.3 is 5.32 Å². The molecule has 0 aliphatic carbocycles. The van der Waals surface area contributed by atoms with Crippen LogP contribution in [0, 0.1) is 13.8 Å². The number of hydrogen-bond acceptors (Lipinski definition) is 4. The van der Waals surface area contributed by atoms with Crippen molar-refractivity contribution < 1.29 is 0 Å². The molecule has 1 aromatic carbocycles. The highest BCUT2D eigenvalue weighted by molar-refractivity contribution is 7.03. The van der Waals surface area contributed by atoms with Crippen LogP contribution in [-0.4, -0.2) is 16.6 Å². The van der Waals surface area contributed by atoms with Gasteiger partial charge in [-0.1, -0.05) is 22.7 Å². The largest absolute Gasteiger partial charge is 0.308 e. The van der Waals surface area contributed by atoms with Crippen LogP contribution in [0.5, 0.6) is 0 Å². The molecular formula is C12H15N3S. The molecule has 2 aromatic rings. The highest BCUT2D eigenvalue weighted by Gasteiger charge is 2.14. The first-order chi connectivity index (χ1) is 7.72. The zero-order valence-corrected chi connectivity index (χ0v) is 10.5. The fourth-order valence-electron chi connectivity index (χ4n) is 1.73. The van der Waals surface area contributed by atoms with E-state index in [1.165, 1.54) is 28.2 Å². The van der Waals surface area contributed by atoms with Crippen molar-refractivity contribution in [2.24, 2.45) is 0 Å². The summed E-state index contributed by atoms with van der Waals surface area (Å²) in [5.74, 6) is 0. The second kappa shape index (κ2) is 4.72. The Labute approximate surface area is 99.7 Å². The molecular weight excluding hydrogens is 218 g/mol. The van der Waals surface area contributed by atoms with E-state index in [1.54, 1.807) is 0 Å². The van der Waals surface area contributed by atoms with Crippen LogP contribution in [0.1, 0.15) is 28.4 Å². The van der Waals surface area contributed by atoms with E-state index in [0.717, 1.165) is 5.69 Å². The lowest BCUT2D eigenvalue weighted by Crippen LogP contribution is -2.18. The molecule has 0 fully saturated rings. The van der Waals surface area contributed by atoms with Crippen molar-refractivity contribution >= 4 is 11.5 Å². The van der Waals surface area contributed by atoms with Gasteiger partial charge in [0.25, 0.3) is 0 Å². The smallest absolute Gasteiger partial charge is 0.0970 e. The molecule has 0 bridgehead atoms. The molecule has 1 heterocycles. The number of aryl methyl sites for hydroxylation is 2. The van der Waals surface area contributed by atoms with Crippen molar-refractivity contribution in [3.63, 3.8) is 0 Å². The first-order valence-corrected chi connectivity index (χ1v) is 6.07. The van der Waals surface area contributed by atoms with E-state index in [9.17, 15) is 0 Å². The van der Waals surface area contributed by atoms with E-state index in [2.05, 4.69) is 47.0 Å². The van der Waals surface area contributed by atoms with Gasteiger partial charge in [-0.2, -0.15) is 0 Å². The molecule has 0 amide bonds. The van der Waals surface area contributed by atoms with Gasteiger partial charge in [0.05, 0.1) is 11.7 Å². The van der Waals surface area contributed by atoms with Gasteiger partial charge in [-0.3, -0.25) is 0 Å². The molecule has 0 saturated carbocycles. The summed E-state index contributed by atoms with van der Waals surface area (Å²) in [6, 6.07) is 6.63. The van der Waals surface area contributed by atoms with Crippen molar-refractivity contribution in [1.29, 1.82) is 0 Å². The summed E-state index contributed by atoms with van der Waals surface area (Å²) in [7, 11) is 1.94. The van der Waals surface area contributed by atoms with E-state index in [0.29, 0.717) is 0 Å². The normalized spacial score (nSPS) is 12.7. The summed E-state index contributed by atoms with van der Waals surface area (Å²) in [4.78, 5) is 0. The van der Waals surface area contributed by atoms with Gasteiger partial charge in [0, 0.05) is 5.38 Å². The number of rotatable bonds is 3. The molecule has 16 heavy (non-hydrogen) atoms. The van der Waals surface area contributed by atoms with E-state index >= 15 is 0 Å². The van der Waals surface area contributed by atoms with Gasteiger partial charge in [0.1, 0.15) is 0 Å².